The van der Waals surface area contributed by atoms with Gasteiger partial charge in [-0.3, -0.25) is 24.6 Å². The molecule has 1 N–H and O–H groups in total. The van der Waals surface area contributed by atoms with Crippen molar-refractivity contribution in [3.63, 3.8) is 0 Å². The van der Waals surface area contributed by atoms with Crippen LogP contribution in [0.5, 0.6) is 0 Å². The number of hydrogen-bond donors (Lipinski definition) is 1. The second-order valence-electron chi connectivity index (χ2n) is 7.70. The summed E-state index contributed by atoms with van der Waals surface area (Å²) in [6.07, 6.45) is 0. The molecular formula is C22H22ClN5O4S. The van der Waals surface area contributed by atoms with Gasteiger partial charge in [0.05, 0.1) is 9.80 Å². The van der Waals surface area contributed by atoms with Crippen LogP contribution >= 0.6 is 23.1 Å². The van der Waals surface area contributed by atoms with Crippen molar-refractivity contribution in [2.45, 2.75) is 39.8 Å². The monoisotopic (exact) mass is 487 g/mol. The number of anilines is 1. The Morgan fingerprint density at radius 2 is 1.91 bits per heavy atom. The minimum Gasteiger partial charge on any atom is -0.352 e. The van der Waals surface area contributed by atoms with Crippen LogP contribution in [0.4, 0.5) is 11.4 Å². The Labute approximate surface area is 199 Å². The zero-order valence-corrected chi connectivity index (χ0v) is 20.0. The molecule has 3 aromatic rings. The topological polar surface area (TPSA) is 118 Å². The van der Waals surface area contributed by atoms with Crippen LogP contribution in [0.3, 0.4) is 0 Å². The van der Waals surface area contributed by atoms with Gasteiger partial charge in [0.25, 0.3) is 11.6 Å². The molecule has 1 aromatic heterocycles. The fraction of sp³-hybridized carbons (Fsp3) is 0.273. The number of nitrogens with one attached hydrogen (secondary N) is 1. The van der Waals surface area contributed by atoms with Gasteiger partial charge >= 0.3 is 0 Å². The van der Waals surface area contributed by atoms with E-state index in [-0.39, 0.29) is 23.0 Å². The Bertz CT molecular complexity index is 1210. The molecule has 0 bridgehead atoms. The van der Waals surface area contributed by atoms with Gasteiger partial charge in [0.1, 0.15) is 6.04 Å². The third-order valence-electron chi connectivity index (χ3n) is 4.84. The number of non-ortho nitro benzene ring substituents is 1. The van der Waals surface area contributed by atoms with Crippen molar-refractivity contribution < 1.29 is 14.5 Å². The summed E-state index contributed by atoms with van der Waals surface area (Å²) in [5.74, 6) is -1.08. The molecular weight excluding hydrogens is 466 g/mol. The lowest BCUT2D eigenvalue weighted by Gasteiger charge is -2.31. The van der Waals surface area contributed by atoms with E-state index < -0.39 is 22.8 Å². The summed E-state index contributed by atoms with van der Waals surface area (Å²) in [7, 11) is 0. The maximum Gasteiger partial charge on any atom is 0.281 e. The van der Waals surface area contributed by atoms with E-state index in [0.29, 0.717) is 15.6 Å². The van der Waals surface area contributed by atoms with Crippen LogP contribution in [-0.4, -0.2) is 32.4 Å². The van der Waals surface area contributed by atoms with Crippen molar-refractivity contribution in [1.82, 2.24) is 14.9 Å². The van der Waals surface area contributed by atoms with Gasteiger partial charge < -0.3 is 5.32 Å². The molecule has 0 radical (unpaired) electrons. The van der Waals surface area contributed by atoms with Crippen molar-refractivity contribution in [2.75, 3.05) is 4.90 Å². The number of hydrogen-bond acceptors (Lipinski definition) is 7. The molecule has 2 aromatic carbocycles. The van der Waals surface area contributed by atoms with E-state index in [1.54, 1.807) is 45.0 Å². The Morgan fingerprint density at radius 3 is 2.48 bits per heavy atom. The van der Waals surface area contributed by atoms with E-state index in [1.165, 1.54) is 23.1 Å². The number of halogens is 1. The van der Waals surface area contributed by atoms with Crippen LogP contribution in [0, 0.1) is 24.0 Å². The van der Waals surface area contributed by atoms with Gasteiger partial charge in [0.2, 0.25) is 5.91 Å². The Balaban J connectivity index is 2.26. The molecule has 2 amide bonds. The summed E-state index contributed by atoms with van der Waals surface area (Å²) in [5, 5.41) is 18.6. The fourth-order valence-corrected chi connectivity index (χ4v) is 3.88. The summed E-state index contributed by atoms with van der Waals surface area (Å²) in [4.78, 5) is 39.8. The molecule has 1 heterocycles. The zero-order chi connectivity index (χ0) is 24.3. The lowest BCUT2D eigenvalue weighted by molar-refractivity contribution is -0.384. The van der Waals surface area contributed by atoms with Crippen LogP contribution in [0.15, 0.2) is 42.5 Å². The highest BCUT2D eigenvalue weighted by Crippen LogP contribution is 2.34. The van der Waals surface area contributed by atoms with Gasteiger partial charge in [-0.1, -0.05) is 34.3 Å². The second kappa shape index (κ2) is 10.1. The number of aromatic nitrogens is 2. The third-order valence-corrected chi connectivity index (χ3v) is 5.88. The summed E-state index contributed by atoms with van der Waals surface area (Å²) >= 11 is 7.41. The average Bonchev–Trinajstić information content (AvgIpc) is 3.19. The third kappa shape index (κ3) is 5.35. The van der Waals surface area contributed by atoms with E-state index in [1.807, 2.05) is 6.92 Å². The highest BCUT2D eigenvalue weighted by molar-refractivity contribution is 7.05. The molecule has 0 aliphatic carbocycles. The highest BCUT2D eigenvalue weighted by atomic mass is 35.5. The lowest BCUT2D eigenvalue weighted by atomic mass is 10.0. The van der Waals surface area contributed by atoms with Crippen LogP contribution in [0.25, 0.3) is 0 Å². The highest BCUT2D eigenvalue weighted by Gasteiger charge is 2.36. The Kier molecular flexibility index (Phi) is 7.39. The maximum atomic E-state index is 13.7. The molecule has 9 nitrogen and oxygen atoms in total. The predicted molar refractivity (Wildman–Crippen MR) is 127 cm³/mol. The SMILES string of the molecule is Cc1ccc(N(C(=O)c2nnsc2C)C(C(=O)NC(C)C)c2cccc([N+](=O)[O-])c2)cc1Cl. The van der Waals surface area contributed by atoms with Crippen LogP contribution in [-0.2, 0) is 4.79 Å². The Hall–Kier alpha value is -3.37. The summed E-state index contributed by atoms with van der Waals surface area (Å²) < 4.78 is 3.84. The molecule has 33 heavy (non-hydrogen) atoms. The number of benzene rings is 2. The van der Waals surface area contributed by atoms with Crippen LogP contribution in [0.2, 0.25) is 5.02 Å². The predicted octanol–water partition coefficient (Wildman–Crippen LogP) is 4.63. The molecule has 11 heteroatoms. The second-order valence-corrected chi connectivity index (χ2v) is 9.07. The maximum absolute atomic E-state index is 13.7. The largest absolute Gasteiger partial charge is 0.352 e. The minimum atomic E-state index is -1.22. The number of rotatable bonds is 7. The number of nitro benzene ring substituents is 1. The van der Waals surface area contributed by atoms with Gasteiger partial charge in [0, 0.05) is 28.9 Å². The summed E-state index contributed by atoms with van der Waals surface area (Å²) in [5.41, 5.74) is 1.30. The van der Waals surface area contributed by atoms with Crippen LogP contribution < -0.4 is 10.2 Å². The number of carbonyl (C=O) groups excluding carboxylic acids is 2. The molecule has 172 valence electrons. The van der Waals surface area contributed by atoms with Crippen molar-refractivity contribution in [3.05, 3.63) is 79.3 Å². The van der Waals surface area contributed by atoms with Gasteiger partial charge in [-0.05, 0) is 62.5 Å². The van der Waals surface area contributed by atoms with Gasteiger partial charge in [0.15, 0.2) is 5.69 Å². The molecule has 0 aliphatic heterocycles. The first-order valence-corrected chi connectivity index (χ1v) is 11.2. The van der Waals surface area contributed by atoms with Crippen LogP contribution in [0.1, 0.15) is 46.4 Å². The first-order chi connectivity index (χ1) is 15.6. The van der Waals surface area contributed by atoms with E-state index in [0.717, 1.165) is 17.1 Å². The van der Waals surface area contributed by atoms with Crippen molar-refractivity contribution >= 4 is 46.3 Å². The minimum absolute atomic E-state index is 0.0875. The molecule has 0 saturated heterocycles. The Morgan fingerprint density at radius 1 is 1.18 bits per heavy atom. The van der Waals surface area contributed by atoms with Gasteiger partial charge in [-0.25, -0.2) is 0 Å². The molecule has 0 saturated carbocycles. The number of carbonyl (C=O) groups is 2. The van der Waals surface area contributed by atoms with E-state index in [9.17, 15) is 19.7 Å². The fourth-order valence-electron chi connectivity index (χ4n) is 3.25. The standard InChI is InChI=1S/C22H22ClN5O4S/c1-12(2)24-21(29)20(15-6-5-7-17(10-15)28(31)32)27(16-9-8-13(3)18(23)11-16)22(30)19-14(4)33-26-25-19/h5-12,20H,1-4H3,(H,24,29). The van der Waals surface area contributed by atoms with Gasteiger partial charge in [-0.15, -0.1) is 5.10 Å². The molecule has 0 spiro atoms. The number of amides is 2. The van der Waals surface area contributed by atoms with Gasteiger partial charge in [-0.2, -0.15) is 0 Å². The number of aryl methyl sites for hydroxylation is 2. The lowest BCUT2D eigenvalue weighted by Crippen LogP contribution is -2.46. The normalized spacial score (nSPS) is 11.8. The molecule has 0 fully saturated rings. The van der Waals surface area contributed by atoms with E-state index in [4.69, 9.17) is 11.6 Å². The quantitative estimate of drug-likeness (QED) is 0.383. The average molecular weight is 488 g/mol. The van der Waals surface area contributed by atoms with Crippen molar-refractivity contribution in [3.8, 4) is 0 Å². The molecule has 3 rings (SSSR count). The summed E-state index contributed by atoms with van der Waals surface area (Å²) in [6, 6.07) is 9.17. The first kappa shape index (κ1) is 24.3. The molecule has 1 atom stereocenters. The number of nitrogens with zero attached hydrogens (tertiary/aromatic N) is 4. The molecule has 1 unspecified atom stereocenters. The molecule has 0 aliphatic rings. The summed E-state index contributed by atoms with van der Waals surface area (Å²) in [6.45, 7) is 7.09. The van der Waals surface area contributed by atoms with Crippen molar-refractivity contribution in [2.24, 2.45) is 0 Å². The number of nitro groups is 1. The smallest absolute Gasteiger partial charge is 0.281 e. The zero-order valence-electron chi connectivity index (χ0n) is 18.4. The van der Waals surface area contributed by atoms with E-state index in [2.05, 4.69) is 14.9 Å². The first-order valence-electron chi connectivity index (χ1n) is 10.0. The van der Waals surface area contributed by atoms with E-state index >= 15 is 0 Å². The van der Waals surface area contributed by atoms with Crippen molar-refractivity contribution in [1.29, 1.82) is 0 Å².